The van der Waals surface area contributed by atoms with Crippen molar-refractivity contribution in [3.05, 3.63) is 106 Å². The van der Waals surface area contributed by atoms with E-state index in [4.69, 9.17) is 23.2 Å². The Hall–Kier alpha value is -3.24. The fourth-order valence-electron chi connectivity index (χ4n) is 3.01. The van der Waals surface area contributed by atoms with Gasteiger partial charge in [-0.3, -0.25) is 4.79 Å². The summed E-state index contributed by atoms with van der Waals surface area (Å²) in [6.07, 6.45) is 0. The van der Waals surface area contributed by atoms with Gasteiger partial charge in [-0.05, 0) is 48.0 Å². The van der Waals surface area contributed by atoms with Gasteiger partial charge in [0.25, 0.3) is 5.91 Å². The largest absolute Gasteiger partial charge is 0.305 e. The Labute approximate surface area is 199 Å². The number of benzene rings is 3. The highest BCUT2D eigenvalue weighted by Gasteiger charge is 2.22. The number of aromatic nitrogens is 2. The van der Waals surface area contributed by atoms with Gasteiger partial charge in [0, 0.05) is 21.4 Å². The van der Waals surface area contributed by atoms with Crippen LogP contribution in [0.2, 0.25) is 10.0 Å². The van der Waals surface area contributed by atoms with Crippen LogP contribution in [0.15, 0.2) is 83.9 Å². The Kier molecular flexibility index (Phi) is 6.81. The maximum atomic E-state index is 12.9. The van der Waals surface area contributed by atoms with E-state index in [1.54, 1.807) is 28.9 Å². The summed E-state index contributed by atoms with van der Waals surface area (Å²) in [7, 11) is 0. The number of nitriles is 1. The van der Waals surface area contributed by atoms with E-state index in [0.29, 0.717) is 32.2 Å². The Morgan fingerprint density at radius 1 is 1.00 bits per heavy atom. The van der Waals surface area contributed by atoms with Gasteiger partial charge in [0.2, 0.25) is 0 Å². The molecule has 0 atom stereocenters. The molecule has 0 aliphatic carbocycles. The molecule has 1 aromatic heterocycles. The summed E-state index contributed by atoms with van der Waals surface area (Å²) in [5, 5.41) is 19.1. The van der Waals surface area contributed by atoms with Gasteiger partial charge in [-0.1, -0.05) is 71.4 Å². The van der Waals surface area contributed by atoms with Gasteiger partial charge in [-0.25, -0.2) is 4.68 Å². The number of amides is 1. The molecule has 0 aliphatic heterocycles. The molecular formula is C24H16Cl2N4OS. The van der Waals surface area contributed by atoms with E-state index in [1.165, 1.54) is 11.8 Å². The monoisotopic (exact) mass is 478 g/mol. The van der Waals surface area contributed by atoms with Crippen molar-refractivity contribution in [3.8, 4) is 11.8 Å². The summed E-state index contributed by atoms with van der Waals surface area (Å²) in [6.45, 7) is 0. The van der Waals surface area contributed by atoms with E-state index in [-0.39, 0.29) is 11.5 Å². The Morgan fingerprint density at radius 3 is 2.38 bits per heavy atom. The second kappa shape index (κ2) is 9.92. The summed E-state index contributed by atoms with van der Waals surface area (Å²) in [5.41, 5.74) is 2.36. The molecule has 0 fully saturated rings. The SMILES string of the molecule is N#Cc1c(SCc2ccccc2Cl)nn(-c2ccccc2)c1NC(=O)c1ccc(Cl)cc1. The van der Waals surface area contributed by atoms with Gasteiger partial charge in [-0.2, -0.15) is 10.4 Å². The topological polar surface area (TPSA) is 70.7 Å². The molecule has 32 heavy (non-hydrogen) atoms. The van der Waals surface area contributed by atoms with Gasteiger partial charge >= 0.3 is 0 Å². The van der Waals surface area contributed by atoms with Crippen LogP contribution in [-0.2, 0) is 5.75 Å². The molecule has 0 bridgehead atoms. The first-order valence-corrected chi connectivity index (χ1v) is 11.3. The molecule has 0 saturated heterocycles. The van der Waals surface area contributed by atoms with Crippen molar-refractivity contribution in [2.24, 2.45) is 0 Å². The van der Waals surface area contributed by atoms with Crippen LogP contribution in [0.4, 0.5) is 5.82 Å². The fourth-order valence-corrected chi connectivity index (χ4v) is 4.39. The molecule has 4 aromatic rings. The number of para-hydroxylation sites is 1. The second-order valence-corrected chi connectivity index (χ2v) is 8.54. The number of hydrogen-bond donors (Lipinski definition) is 1. The van der Waals surface area contributed by atoms with E-state index >= 15 is 0 Å². The van der Waals surface area contributed by atoms with Crippen molar-refractivity contribution in [2.75, 3.05) is 5.32 Å². The standard InChI is InChI=1S/C24H16Cl2N4OS/c25-18-12-10-16(11-13-18)23(31)28-22-20(14-27)24(29-30(22)19-7-2-1-3-8-19)32-15-17-6-4-5-9-21(17)26/h1-13H,15H2,(H,28,31). The predicted molar refractivity (Wildman–Crippen MR) is 129 cm³/mol. The summed E-state index contributed by atoms with van der Waals surface area (Å²) < 4.78 is 1.57. The first-order valence-electron chi connectivity index (χ1n) is 9.58. The molecule has 158 valence electrons. The third-order valence-electron chi connectivity index (χ3n) is 4.63. The molecule has 0 aliphatic rings. The maximum absolute atomic E-state index is 12.9. The average molecular weight is 479 g/mol. The van der Waals surface area contributed by atoms with E-state index in [2.05, 4.69) is 16.5 Å². The number of carbonyl (C=O) groups is 1. The summed E-state index contributed by atoms with van der Waals surface area (Å²) in [6, 6.07) is 25.6. The van der Waals surface area contributed by atoms with Crippen molar-refractivity contribution in [1.29, 1.82) is 5.26 Å². The fraction of sp³-hybridized carbons (Fsp3) is 0.0417. The quantitative estimate of drug-likeness (QED) is 0.317. The molecular weight excluding hydrogens is 463 g/mol. The maximum Gasteiger partial charge on any atom is 0.256 e. The van der Waals surface area contributed by atoms with Gasteiger partial charge in [0.15, 0.2) is 5.82 Å². The van der Waals surface area contributed by atoms with E-state index in [0.717, 1.165) is 11.3 Å². The number of hydrogen-bond acceptors (Lipinski definition) is 4. The number of nitrogens with one attached hydrogen (secondary N) is 1. The number of anilines is 1. The number of carbonyl (C=O) groups excluding carboxylic acids is 1. The summed E-state index contributed by atoms with van der Waals surface area (Å²) >= 11 is 13.6. The smallest absolute Gasteiger partial charge is 0.256 e. The Balaban J connectivity index is 1.71. The van der Waals surface area contributed by atoms with Crippen LogP contribution >= 0.6 is 35.0 Å². The van der Waals surface area contributed by atoms with Crippen molar-refractivity contribution >= 4 is 46.7 Å². The molecule has 0 spiro atoms. The zero-order valence-corrected chi connectivity index (χ0v) is 19.0. The summed E-state index contributed by atoms with van der Waals surface area (Å²) in [4.78, 5) is 12.9. The average Bonchev–Trinajstić information content (AvgIpc) is 3.16. The number of nitrogens with zero attached hydrogens (tertiary/aromatic N) is 3. The number of halogens is 2. The van der Waals surface area contributed by atoms with E-state index in [9.17, 15) is 10.1 Å². The van der Waals surface area contributed by atoms with Crippen LogP contribution in [0.5, 0.6) is 0 Å². The minimum atomic E-state index is -0.363. The van der Waals surface area contributed by atoms with E-state index in [1.807, 2.05) is 54.6 Å². The number of rotatable bonds is 6. The van der Waals surface area contributed by atoms with Crippen LogP contribution < -0.4 is 5.32 Å². The van der Waals surface area contributed by atoms with Crippen LogP contribution in [0.3, 0.4) is 0 Å². The molecule has 4 rings (SSSR count). The lowest BCUT2D eigenvalue weighted by atomic mass is 10.2. The highest BCUT2D eigenvalue weighted by atomic mass is 35.5. The highest BCUT2D eigenvalue weighted by Crippen LogP contribution is 2.33. The lowest BCUT2D eigenvalue weighted by Gasteiger charge is -2.09. The van der Waals surface area contributed by atoms with Crippen molar-refractivity contribution in [3.63, 3.8) is 0 Å². The third kappa shape index (κ3) is 4.81. The van der Waals surface area contributed by atoms with E-state index < -0.39 is 0 Å². The normalized spacial score (nSPS) is 10.5. The second-order valence-electron chi connectivity index (χ2n) is 6.73. The zero-order chi connectivity index (χ0) is 22.5. The van der Waals surface area contributed by atoms with Gasteiger partial charge in [0.05, 0.1) is 5.69 Å². The Morgan fingerprint density at radius 2 is 1.69 bits per heavy atom. The zero-order valence-electron chi connectivity index (χ0n) is 16.6. The van der Waals surface area contributed by atoms with Crippen molar-refractivity contribution < 1.29 is 4.79 Å². The lowest BCUT2D eigenvalue weighted by Crippen LogP contribution is -2.16. The van der Waals surface area contributed by atoms with Crippen LogP contribution in [0.25, 0.3) is 5.69 Å². The molecule has 0 saturated carbocycles. The van der Waals surface area contributed by atoms with Crippen LogP contribution in [-0.4, -0.2) is 15.7 Å². The molecule has 1 amide bonds. The summed E-state index contributed by atoms with van der Waals surface area (Å²) in [5.74, 6) is 0.475. The molecule has 1 heterocycles. The van der Waals surface area contributed by atoms with Gasteiger partial charge < -0.3 is 5.32 Å². The molecule has 0 unspecified atom stereocenters. The molecule has 1 N–H and O–H groups in total. The molecule has 3 aromatic carbocycles. The lowest BCUT2D eigenvalue weighted by molar-refractivity contribution is 0.102. The molecule has 5 nitrogen and oxygen atoms in total. The van der Waals surface area contributed by atoms with Crippen molar-refractivity contribution in [1.82, 2.24) is 9.78 Å². The van der Waals surface area contributed by atoms with Crippen molar-refractivity contribution in [2.45, 2.75) is 10.8 Å². The molecule has 8 heteroatoms. The Bertz CT molecular complexity index is 1300. The first kappa shape index (κ1) is 22.0. The van der Waals surface area contributed by atoms with Crippen LogP contribution in [0.1, 0.15) is 21.5 Å². The molecule has 0 radical (unpaired) electrons. The first-order chi connectivity index (χ1) is 15.6. The number of thioether (sulfide) groups is 1. The van der Waals surface area contributed by atoms with Gasteiger partial charge in [-0.15, -0.1) is 0 Å². The predicted octanol–water partition coefficient (Wildman–Crippen LogP) is 6.60. The van der Waals surface area contributed by atoms with Gasteiger partial charge in [0.1, 0.15) is 16.7 Å². The minimum Gasteiger partial charge on any atom is -0.305 e. The van der Waals surface area contributed by atoms with Crippen LogP contribution in [0, 0.1) is 11.3 Å². The third-order valence-corrected chi connectivity index (χ3v) is 6.26. The highest BCUT2D eigenvalue weighted by molar-refractivity contribution is 7.98. The minimum absolute atomic E-state index is 0.285.